The average Bonchev–Trinajstić information content (AvgIpc) is 3.06. The Morgan fingerprint density at radius 2 is 1.86 bits per heavy atom. The largest absolute Gasteiger partial charge is 0.393 e. The van der Waals surface area contributed by atoms with Crippen molar-refractivity contribution in [2.45, 2.75) is 56.7 Å². The molecule has 1 heterocycles. The SMILES string of the molecule is O=C(NC12CC3CC(O)CC(C1)C(C3)C2)c1ccc(CN2CCNS2(=O)=O)cc1. The predicted octanol–water partition coefficient (Wildman–Crippen LogP) is 1.40. The first-order valence-electron chi connectivity index (χ1n) is 10.7. The smallest absolute Gasteiger partial charge is 0.279 e. The Labute approximate surface area is 172 Å². The molecule has 8 heteroatoms. The highest BCUT2D eigenvalue weighted by atomic mass is 32.2. The Balaban J connectivity index is 1.26. The van der Waals surface area contributed by atoms with Crippen molar-refractivity contribution in [2.24, 2.45) is 17.8 Å². The molecule has 5 atom stereocenters. The Hall–Kier alpha value is -1.48. The van der Waals surface area contributed by atoms with Gasteiger partial charge in [0.1, 0.15) is 0 Å². The summed E-state index contributed by atoms with van der Waals surface area (Å²) in [7, 11) is -3.36. The number of amides is 1. The molecule has 3 N–H and O–H groups in total. The van der Waals surface area contributed by atoms with Gasteiger partial charge in [0.15, 0.2) is 0 Å². The number of carbonyl (C=O) groups excluding carboxylic acids is 1. The lowest BCUT2D eigenvalue weighted by Gasteiger charge is -2.39. The van der Waals surface area contributed by atoms with Crippen LogP contribution in [-0.2, 0) is 16.8 Å². The molecule has 29 heavy (non-hydrogen) atoms. The van der Waals surface area contributed by atoms with Crippen LogP contribution in [0.25, 0.3) is 0 Å². The molecule has 0 radical (unpaired) electrons. The van der Waals surface area contributed by atoms with E-state index in [1.54, 1.807) is 12.1 Å². The van der Waals surface area contributed by atoms with Crippen LogP contribution < -0.4 is 10.0 Å². The van der Waals surface area contributed by atoms with Crippen LogP contribution in [0.3, 0.4) is 0 Å². The molecular formula is C21H29N3O4S. The van der Waals surface area contributed by atoms with Crippen molar-refractivity contribution < 1.29 is 18.3 Å². The molecule has 1 amide bonds. The normalized spacial score (nSPS) is 38.1. The fourth-order valence-corrected chi connectivity index (χ4v) is 7.50. The monoisotopic (exact) mass is 419 g/mol. The summed E-state index contributed by atoms with van der Waals surface area (Å²) in [5.74, 6) is 1.61. The average molecular weight is 420 g/mol. The lowest BCUT2D eigenvalue weighted by Crippen LogP contribution is -2.50. The fraction of sp³-hybridized carbons (Fsp3) is 0.667. The number of rotatable bonds is 4. The maximum atomic E-state index is 13.0. The second kappa shape index (κ2) is 7.04. The van der Waals surface area contributed by atoms with Crippen LogP contribution in [0.15, 0.2) is 24.3 Å². The van der Waals surface area contributed by atoms with Crippen LogP contribution in [0.2, 0.25) is 0 Å². The van der Waals surface area contributed by atoms with E-state index in [0.29, 0.717) is 43.0 Å². The van der Waals surface area contributed by atoms with Crippen molar-refractivity contribution >= 4 is 16.1 Å². The van der Waals surface area contributed by atoms with E-state index in [1.165, 1.54) is 10.7 Å². The Morgan fingerprint density at radius 1 is 1.14 bits per heavy atom. The fourth-order valence-electron chi connectivity index (χ4n) is 6.32. The van der Waals surface area contributed by atoms with Gasteiger partial charge in [-0.15, -0.1) is 0 Å². The van der Waals surface area contributed by atoms with Crippen molar-refractivity contribution in [3.63, 3.8) is 0 Å². The maximum absolute atomic E-state index is 13.0. The van der Waals surface area contributed by atoms with E-state index in [9.17, 15) is 18.3 Å². The molecule has 5 rings (SSSR count). The zero-order valence-corrected chi connectivity index (χ0v) is 17.3. The summed E-state index contributed by atoms with van der Waals surface area (Å²) in [5, 5.41) is 13.6. The molecule has 3 aliphatic carbocycles. The molecule has 1 aromatic rings. The predicted molar refractivity (Wildman–Crippen MR) is 108 cm³/mol. The van der Waals surface area contributed by atoms with Crippen molar-refractivity contribution in [1.82, 2.24) is 14.3 Å². The topological polar surface area (TPSA) is 98.7 Å². The van der Waals surface area contributed by atoms with E-state index in [1.807, 2.05) is 12.1 Å². The number of fused-ring (bicyclic) bond motifs is 2. The van der Waals surface area contributed by atoms with Crippen molar-refractivity contribution in [3.8, 4) is 0 Å². The van der Waals surface area contributed by atoms with Crippen molar-refractivity contribution in [1.29, 1.82) is 0 Å². The summed E-state index contributed by atoms with van der Waals surface area (Å²) in [6.07, 6.45) is 5.75. The summed E-state index contributed by atoms with van der Waals surface area (Å²) in [5.41, 5.74) is 1.36. The van der Waals surface area contributed by atoms with Crippen molar-refractivity contribution in [2.75, 3.05) is 13.1 Å². The summed E-state index contributed by atoms with van der Waals surface area (Å²) < 4.78 is 27.7. The number of benzene rings is 1. The molecule has 4 aliphatic rings. The number of nitrogens with one attached hydrogen (secondary N) is 2. The van der Waals surface area contributed by atoms with E-state index < -0.39 is 10.2 Å². The van der Waals surface area contributed by atoms with Gasteiger partial charge in [0.2, 0.25) is 0 Å². The first-order chi connectivity index (χ1) is 13.8. The number of hydrogen-bond acceptors (Lipinski definition) is 4. The van der Waals surface area contributed by atoms with Crippen LogP contribution >= 0.6 is 0 Å². The standard InChI is InChI=1S/C21H29N3O4S/c25-19-8-15-7-17-11-21(10-15,12-18(17)9-19)23-20(26)16-3-1-14(2-4-16)13-24-6-5-22-29(24,27)28/h1-4,15,17-19,22,25H,5-13H2,(H,23,26). The second-order valence-corrected chi connectivity index (χ2v) is 11.3. The number of aliphatic hydroxyl groups excluding tert-OH is 1. The molecule has 7 nitrogen and oxygen atoms in total. The summed E-state index contributed by atoms with van der Waals surface area (Å²) in [4.78, 5) is 13.0. The first-order valence-corrected chi connectivity index (χ1v) is 12.1. The van der Waals surface area contributed by atoms with Gasteiger partial charge < -0.3 is 10.4 Å². The molecule has 5 unspecified atom stereocenters. The van der Waals surface area contributed by atoms with Gasteiger partial charge in [0.25, 0.3) is 16.1 Å². The minimum Gasteiger partial charge on any atom is -0.393 e. The van der Waals surface area contributed by atoms with Crippen LogP contribution in [0.4, 0.5) is 0 Å². The lowest BCUT2D eigenvalue weighted by atomic mass is 9.75. The van der Waals surface area contributed by atoms with E-state index >= 15 is 0 Å². The molecular weight excluding hydrogens is 390 g/mol. The lowest BCUT2D eigenvalue weighted by molar-refractivity contribution is 0.0779. The molecule has 1 aliphatic heterocycles. The molecule has 0 aromatic heterocycles. The molecule has 3 saturated carbocycles. The summed E-state index contributed by atoms with van der Waals surface area (Å²) in [6.45, 7) is 1.21. The van der Waals surface area contributed by atoms with Gasteiger partial charge in [-0.3, -0.25) is 4.79 Å². The highest BCUT2D eigenvalue weighted by Crippen LogP contribution is 2.55. The Bertz CT molecular complexity index is 899. The summed E-state index contributed by atoms with van der Waals surface area (Å²) >= 11 is 0. The third-order valence-corrected chi connectivity index (χ3v) is 8.97. The minimum atomic E-state index is -3.36. The molecule has 3 bridgehead atoms. The Kier molecular flexibility index (Phi) is 4.73. The zero-order valence-electron chi connectivity index (χ0n) is 16.5. The number of hydrogen-bond donors (Lipinski definition) is 3. The van der Waals surface area contributed by atoms with Gasteiger partial charge in [-0.1, -0.05) is 12.1 Å². The highest BCUT2D eigenvalue weighted by molar-refractivity contribution is 7.87. The molecule has 0 spiro atoms. The van der Waals surface area contributed by atoms with Gasteiger partial charge in [-0.25, -0.2) is 4.72 Å². The van der Waals surface area contributed by atoms with Gasteiger partial charge in [0.05, 0.1) is 6.10 Å². The van der Waals surface area contributed by atoms with Gasteiger partial charge in [0, 0.05) is 30.7 Å². The summed E-state index contributed by atoms with van der Waals surface area (Å²) in [6, 6.07) is 7.25. The van der Waals surface area contributed by atoms with Crippen LogP contribution in [0.1, 0.15) is 54.4 Å². The number of nitrogens with zero attached hydrogens (tertiary/aromatic N) is 1. The van der Waals surface area contributed by atoms with E-state index in [-0.39, 0.29) is 17.6 Å². The maximum Gasteiger partial charge on any atom is 0.279 e. The van der Waals surface area contributed by atoms with Gasteiger partial charge >= 0.3 is 0 Å². The van der Waals surface area contributed by atoms with Crippen LogP contribution in [-0.4, -0.2) is 48.5 Å². The minimum absolute atomic E-state index is 0.0480. The van der Waals surface area contributed by atoms with Crippen LogP contribution in [0.5, 0.6) is 0 Å². The van der Waals surface area contributed by atoms with Crippen molar-refractivity contribution in [3.05, 3.63) is 35.4 Å². The number of carbonyl (C=O) groups is 1. The van der Waals surface area contributed by atoms with E-state index in [4.69, 9.17) is 0 Å². The Morgan fingerprint density at radius 3 is 2.55 bits per heavy atom. The molecule has 158 valence electrons. The highest BCUT2D eigenvalue weighted by Gasteiger charge is 2.53. The van der Waals surface area contributed by atoms with E-state index in [2.05, 4.69) is 10.0 Å². The van der Waals surface area contributed by atoms with Crippen LogP contribution in [0, 0.1) is 17.8 Å². The third-order valence-electron chi connectivity index (χ3n) is 7.41. The molecule has 4 fully saturated rings. The second-order valence-electron chi connectivity index (χ2n) is 9.52. The van der Waals surface area contributed by atoms with Gasteiger partial charge in [-0.05, 0) is 74.0 Å². The molecule has 1 aromatic carbocycles. The first kappa shape index (κ1) is 19.5. The quantitative estimate of drug-likeness (QED) is 0.687. The zero-order chi connectivity index (χ0) is 20.2. The molecule has 1 saturated heterocycles. The van der Waals surface area contributed by atoms with Gasteiger partial charge in [-0.2, -0.15) is 12.7 Å². The number of aliphatic hydroxyl groups is 1. The third kappa shape index (κ3) is 3.71. The van der Waals surface area contributed by atoms with E-state index in [0.717, 1.165) is 37.7 Å².